The Morgan fingerprint density at radius 1 is 1.61 bits per heavy atom. The number of hydrogen-bond acceptors (Lipinski definition) is 6. The summed E-state index contributed by atoms with van der Waals surface area (Å²) in [6, 6.07) is 1.71. The molecule has 3 rings (SSSR count). The molecule has 1 aliphatic rings. The number of rotatable bonds is 4. The Morgan fingerprint density at radius 3 is 3.09 bits per heavy atom. The number of alkyl halides is 1. The van der Waals surface area contributed by atoms with Crippen LogP contribution in [-0.2, 0) is 0 Å². The molecule has 2 aromatic rings. The number of anilines is 2. The minimum atomic E-state index is -0.972. The fraction of sp³-hybridized carbons (Fsp3) is 0.500. The molecule has 0 saturated carbocycles. The summed E-state index contributed by atoms with van der Waals surface area (Å²) in [7, 11) is 1.69. The molecule has 1 saturated heterocycles. The van der Waals surface area contributed by atoms with Crippen molar-refractivity contribution in [3.63, 3.8) is 0 Å². The first-order valence-corrected chi connectivity index (χ1v) is 8.22. The van der Waals surface area contributed by atoms with Gasteiger partial charge in [-0.3, -0.25) is 0 Å². The number of likely N-dealkylation sites (N-methyl/N-ethyl adjacent to an activating group) is 1. The number of amides is 2. The van der Waals surface area contributed by atoms with Crippen LogP contribution >= 0.6 is 11.3 Å². The number of carbonyl (C=O) groups is 1. The van der Waals surface area contributed by atoms with Gasteiger partial charge in [0, 0.05) is 32.3 Å². The van der Waals surface area contributed by atoms with E-state index in [1.807, 2.05) is 16.8 Å². The van der Waals surface area contributed by atoms with Crippen molar-refractivity contribution in [2.45, 2.75) is 25.6 Å². The zero-order valence-electron chi connectivity index (χ0n) is 12.9. The second-order valence-corrected chi connectivity index (χ2v) is 6.35. The van der Waals surface area contributed by atoms with E-state index in [1.165, 1.54) is 16.2 Å². The Kier molecular flexibility index (Phi) is 4.46. The van der Waals surface area contributed by atoms with E-state index >= 15 is 0 Å². The molecule has 7 nitrogen and oxygen atoms in total. The summed E-state index contributed by atoms with van der Waals surface area (Å²) in [6.45, 7) is 2.26. The van der Waals surface area contributed by atoms with Crippen LogP contribution in [0.3, 0.4) is 0 Å². The Labute approximate surface area is 137 Å². The van der Waals surface area contributed by atoms with Crippen LogP contribution in [0, 0.1) is 6.92 Å². The maximum absolute atomic E-state index is 13.8. The number of thiophene rings is 1. The summed E-state index contributed by atoms with van der Waals surface area (Å²) in [6.07, 6.45) is -0.641. The number of nitrogens with zero attached hydrogens (tertiary/aromatic N) is 4. The SMILES string of the molecule is Cc1nnc(N2C[C@@H](F)C[C@H]2CN(C)C(=O)Nc2ccsc2)o1. The van der Waals surface area contributed by atoms with Crippen molar-refractivity contribution in [1.29, 1.82) is 0 Å². The van der Waals surface area contributed by atoms with Crippen LogP contribution in [0.25, 0.3) is 0 Å². The maximum Gasteiger partial charge on any atom is 0.321 e. The van der Waals surface area contributed by atoms with Crippen molar-refractivity contribution in [1.82, 2.24) is 15.1 Å². The van der Waals surface area contributed by atoms with Gasteiger partial charge in [0.25, 0.3) is 0 Å². The van der Waals surface area contributed by atoms with Crippen LogP contribution in [0.2, 0.25) is 0 Å². The van der Waals surface area contributed by atoms with E-state index < -0.39 is 6.17 Å². The van der Waals surface area contributed by atoms with E-state index in [4.69, 9.17) is 4.42 Å². The molecule has 0 unspecified atom stereocenters. The Bertz CT molecular complexity index is 662. The fourth-order valence-corrected chi connectivity index (χ4v) is 3.21. The van der Waals surface area contributed by atoms with Gasteiger partial charge in [-0.2, -0.15) is 11.3 Å². The third-order valence-electron chi connectivity index (χ3n) is 3.73. The van der Waals surface area contributed by atoms with E-state index in [0.717, 1.165) is 5.69 Å². The molecule has 0 bridgehead atoms. The van der Waals surface area contributed by atoms with Gasteiger partial charge >= 0.3 is 12.0 Å². The van der Waals surface area contributed by atoms with Crippen molar-refractivity contribution in [2.24, 2.45) is 0 Å². The zero-order chi connectivity index (χ0) is 16.4. The van der Waals surface area contributed by atoms with Crippen LogP contribution in [-0.4, -0.2) is 53.5 Å². The number of aromatic nitrogens is 2. The minimum Gasteiger partial charge on any atom is -0.408 e. The predicted octanol–water partition coefficient (Wildman–Crippen LogP) is 2.52. The number of nitrogens with one attached hydrogen (secondary N) is 1. The number of hydrogen-bond donors (Lipinski definition) is 1. The molecular formula is C14H18FN5O2S. The monoisotopic (exact) mass is 339 g/mol. The van der Waals surface area contributed by atoms with Gasteiger partial charge in [-0.15, -0.1) is 5.10 Å². The molecule has 3 heterocycles. The van der Waals surface area contributed by atoms with Gasteiger partial charge in [-0.05, 0) is 11.4 Å². The molecular weight excluding hydrogens is 321 g/mol. The highest BCUT2D eigenvalue weighted by Gasteiger charge is 2.36. The van der Waals surface area contributed by atoms with Gasteiger partial charge in [-0.25, -0.2) is 9.18 Å². The number of aryl methyl sites for hydroxylation is 1. The van der Waals surface area contributed by atoms with Gasteiger partial charge in [-0.1, -0.05) is 5.10 Å². The summed E-state index contributed by atoms with van der Waals surface area (Å²) in [5.41, 5.74) is 0.756. The van der Waals surface area contributed by atoms with Gasteiger partial charge < -0.3 is 19.5 Å². The summed E-state index contributed by atoms with van der Waals surface area (Å²) < 4.78 is 19.2. The van der Waals surface area contributed by atoms with Crippen LogP contribution in [0.4, 0.5) is 20.9 Å². The first kappa shape index (κ1) is 15.7. The highest BCUT2D eigenvalue weighted by atomic mass is 32.1. The topological polar surface area (TPSA) is 74.5 Å². The molecule has 0 radical (unpaired) electrons. The van der Waals surface area contributed by atoms with Crippen molar-refractivity contribution in [2.75, 3.05) is 30.4 Å². The molecule has 0 aromatic carbocycles. The summed E-state index contributed by atoms with van der Waals surface area (Å²) in [4.78, 5) is 15.5. The molecule has 2 amide bonds. The molecule has 0 aliphatic carbocycles. The Balaban J connectivity index is 1.64. The predicted molar refractivity (Wildman–Crippen MR) is 85.6 cm³/mol. The first-order valence-electron chi connectivity index (χ1n) is 7.28. The highest BCUT2D eigenvalue weighted by Crippen LogP contribution is 2.26. The van der Waals surface area contributed by atoms with E-state index in [2.05, 4.69) is 15.5 Å². The zero-order valence-corrected chi connectivity index (χ0v) is 13.7. The van der Waals surface area contributed by atoms with E-state index in [9.17, 15) is 9.18 Å². The normalized spacial score (nSPS) is 20.7. The van der Waals surface area contributed by atoms with Gasteiger partial charge in [0.1, 0.15) is 6.17 Å². The van der Waals surface area contributed by atoms with E-state index in [0.29, 0.717) is 24.9 Å². The molecule has 1 fully saturated rings. The molecule has 124 valence electrons. The third kappa shape index (κ3) is 3.61. The molecule has 0 spiro atoms. The van der Waals surface area contributed by atoms with Crippen LogP contribution in [0.15, 0.2) is 21.2 Å². The average Bonchev–Trinajstić information content (AvgIpc) is 3.21. The standard InChI is InChI=1S/C14H18FN5O2S/c1-9-17-18-14(22-9)20-6-10(15)5-12(20)7-19(2)13(21)16-11-3-4-23-8-11/h3-4,8,10,12H,5-7H2,1-2H3,(H,16,21)/t10-,12-/m0/s1. The van der Waals surface area contributed by atoms with Crippen molar-refractivity contribution in [3.8, 4) is 0 Å². The average molecular weight is 339 g/mol. The van der Waals surface area contributed by atoms with Crippen LogP contribution < -0.4 is 10.2 Å². The molecule has 23 heavy (non-hydrogen) atoms. The molecule has 2 atom stereocenters. The lowest BCUT2D eigenvalue weighted by atomic mass is 10.2. The molecule has 1 N–H and O–H groups in total. The van der Waals surface area contributed by atoms with Crippen LogP contribution in [0.5, 0.6) is 0 Å². The van der Waals surface area contributed by atoms with Crippen molar-refractivity contribution >= 4 is 29.1 Å². The second kappa shape index (κ2) is 6.53. The molecule has 2 aromatic heterocycles. The number of carbonyl (C=O) groups excluding carboxylic acids is 1. The summed E-state index contributed by atoms with van der Waals surface area (Å²) in [5.74, 6) is 0.435. The lowest BCUT2D eigenvalue weighted by Crippen LogP contribution is -2.43. The maximum atomic E-state index is 13.8. The van der Waals surface area contributed by atoms with Crippen LogP contribution in [0.1, 0.15) is 12.3 Å². The van der Waals surface area contributed by atoms with Gasteiger partial charge in [0.15, 0.2) is 0 Å². The summed E-state index contributed by atoms with van der Waals surface area (Å²) >= 11 is 1.51. The third-order valence-corrected chi connectivity index (χ3v) is 4.41. The van der Waals surface area contributed by atoms with E-state index in [1.54, 1.807) is 18.9 Å². The van der Waals surface area contributed by atoms with E-state index in [-0.39, 0.29) is 18.6 Å². The number of halogens is 1. The Morgan fingerprint density at radius 2 is 2.43 bits per heavy atom. The first-order chi connectivity index (χ1) is 11.0. The summed E-state index contributed by atoms with van der Waals surface area (Å²) in [5, 5.41) is 14.3. The largest absolute Gasteiger partial charge is 0.408 e. The quantitative estimate of drug-likeness (QED) is 0.926. The van der Waals surface area contributed by atoms with Gasteiger partial charge in [0.2, 0.25) is 5.89 Å². The molecule has 9 heteroatoms. The van der Waals surface area contributed by atoms with Gasteiger partial charge in [0.05, 0.1) is 18.3 Å². The molecule has 1 aliphatic heterocycles. The fourth-order valence-electron chi connectivity index (χ4n) is 2.62. The highest BCUT2D eigenvalue weighted by molar-refractivity contribution is 7.08. The smallest absolute Gasteiger partial charge is 0.321 e. The Hall–Kier alpha value is -2.16. The number of urea groups is 1. The second-order valence-electron chi connectivity index (χ2n) is 5.57. The van der Waals surface area contributed by atoms with Crippen molar-refractivity contribution in [3.05, 3.63) is 22.7 Å². The minimum absolute atomic E-state index is 0.192. The lowest BCUT2D eigenvalue weighted by molar-refractivity contribution is 0.218. The van der Waals surface area contributed by atoms with Crippen molar-refractivity contribution < 1.29 is 13.6 Å². The lowest BCUT2D eigenvalue weighted by Gasteiger charge is -2.27.